The first kappa shape index (κ1) is 59.0. The first-order valence-corrected chi connectivity index (χ1v) is 25.5. The molecular formula is C52H62F6O13S2. The van der Waals surface area contributed by atoms with Gasteiger partial charge in [-0.3, -0.25) is 0 Å². The summed E-state index contributed by atoms with van der Waals surface area (Å²) in [5.74, 6) is -18.3. The van der Waals surface area contributed by atoms with Crippen LogP contribution in [0, 0.1) is 13.8 Å². The van der Waals surface area contributed by atoms with Gasteiger partial charge in [0, 0.05) is 44.9 Å². The van der Waals surface area contributed by atoms with Crippen LogP contribution >= 0.6 is 22.7 Å². The smallest absolute Gasteiger partial charge is 0.460 e. The van der Waals surface area contributed by atoms with Gasteiger partial charge in [0.2, 0.25) is 0 Å². The second-order valence-electron chi connectivity index (χ2n) is 16.6. The summed E-state index contributed by atoms with van der Waals surface area (Å²) in [4.78, 5) is 39.5. The molecule has 0 saturated carbocycles. The minimum atomic E-state index is -5.85. The van der Waals surface area contributed by atoms with Gasteiger partial charge in [0.05, 0.1) is 83.8 Å². The van der Waals surface area contributed by atoms with Gasteiger partial charge in [-0.05, 0) is 97.1 Å². The predicted octanol–water partition coefficient (Wildman–Crippen LogP) is 12.1. The lowest BCUT2D eigenvalue weighted by Crippen LogP contribution is -2.48. The molecule has 2 aromatic heterocycles. The topological polar surface area (TPSA) is 144 Å². The summed E-state index contributed by atoms with van der Waals surface area (Å²) < 4.78 is 149. The number of alkyl halides is 6. The number of allylic oxidation sites excluding steroid dienone is 2. The maximum atomic E-state index is 16.2. The summed E-state index contributed by atoms with van der Waals surface area (Å²) >= 11 is 1.72. The Kier molecular flexibility index (Phi) is 23.2. The zero-order valence-corrected chi connectivity index (χ0v) is 43.2. The number of unbranched alkanes of at least 4 members (excludes halogenated alkanes) is 5. The van der Waals surface area contributed by atoms with E-state index in [4.69, 9.17) is 47.4 Å². The predicted molar refractivity (Wildman–Crippen MR) is 264 cm³/mol. The van der Waals surface area contributed by atoms with E-state index < -0.39 is 58.1 Å². The van der Waals surface area contributed by atoms with Gasteiger partial charge in [0.15, 0.2) is 0 Å². The molecule has 0 radical (unpaired) electrons. The average Bonchev–Trinajstić information content (AvgIpc) is 3.97. The minimum Gasteiger partial charge on any atom is -0.460 e. The molecule has 4 aromatic rings. The summed E-state index contributed by atoms with van der Waals surface area (Å²) in [7, 11) is 3.08. The first-order chi connectivity index (χ1) is 35.0. The second kappa shape index (κ2) is 28.7. The molecule has 0 aliphatic heterocycles. The highest BCUT2D eigenvalue weighted by Crippen LogP contribution is 2.66. The van der Waals surface area contributed by atoms with Crippen LogP contribution in [-0.4, -0.2) is 136 Å². The van der Waals surface area contributed by atoms with Crippen molar-refractivity contribution in [1.82, 2.24) is 0 Å². The van der Waals surface area contributed by atoms with Crippen LogP contribution in [0.2, 0.25) is 0 Å². The van der Waals surface area contributed by atoms with Gasteiger partial charge >= 0.3 is 35.9 Å². The van der Waals surface area contributed by atoms with Crippen molar-refractivity contribution in [2.75, 3.05) is 100 Å². The van der Waals surface area contributed by atoms with E-state index in [0.29, 0.717) is 38.4 Å². The van der Waals surface area contributed by atoms with Crippen molar-refractivity contribution in [3.8, 4) is 26.6 Å². The van der Waals surface area contributed by atoms with E-state index in [-0.39, 0.29) is 101 Å². The number of hydrogen-bond acceptors (Lipinski definition) is 15. The third-order valence-electron chi connectivity index (χ3n) is 11.3. The molecule has 0 bridgehead atoms. The van der Waals surface area contributed by atoms with Crippen LogP contribution in [0.3, 0.4) is 0 Å². The molecule has 0 N–H and O–H groups in total. The maximum absolute atomic E-state index is 16.2. The van der Waals surface area contributed by atoms with Crippen LogP contribution in [0.4, 0.5) is 31.1 Å². The average molecular weight is 1070 g/mol. The van der Waals surface area contributed by atoms with E-state index in [9.17, 15) is 14.4 Å². The molecule has 402 valence electrons. The largest absolute Gasteiger partial charge is 0.513 e. The zero-order chi connectivity index (χ0) is 53.0. The van der Waals surface area contributed by atoms with Gasteiger partial charge in [-0.1, -0.05) is 39.0 Å². The Hall–Kier alpha value is -4.87. The number of rotatable bonds is 32. The normalized spacial score (nSPS) is 14.7. The van der Waals surface area contributed by atoms with Crippen molar-refractivity contribution in [3.63, 3.8) is 0 Å². The van der Waals surface area contributed by atoms with Crippen LogP contribution < -0.4 is 4.74 Å². The minimum absolute atomic E-state index is 0.0103. The number of esters is 2. The standard InChI is InChI=1S/C52H62F6O13S2/c1-6-7-8-9-10-11-16-70-49(61)71-40-14-12-36(13-15-40)43-32-41(34(2)72-43)45-46(51(55,56)52(57,58)50(45,53)54)42-33-44(73-35(42)3)37-29-38(47(59)68-27-25-66-23-21-64-19-17-62-4)31-39(30-37)48(60)69-28-26-67-24-22-65-20-18-63-5/h12-15,29-33H,6-11,16-28H2,1-5H3. The Balaban J connectivity index is 1.41. The molecule has 0 fully saturated rings. The molecule has 21 heteroatoms. The lowest BCUT2D eigenvalue weighted by molar-refractivity contribution is -0.254. The van der Waals surface area contributed by atoms with E-state index in [1.165, 1.54) is 70.5 Å². The highest BCUT2D eigenvalue weighted by molar-refractivity contribution is 7.16. The number of carbonyl (C=O) groups is 3. The molecular weight excluding hydrogens is 1010 g/mol. The Morgan fingerprint density at radius 3 is 1.38 bits per heavy atom. The molecule has 0 unspecified atom stereocenters. The molecule has 73 heavy (non-hydrogen) atoms. The van der Waals surface area contributed by atoms with Crippen LogP contribution in [0.1, 0.15) is 87.0 Å². The summed E-state index contributed by atoms with van der Waals surface area (Å²) in [6.45, 7) is 7.01. The number of benzene rings is 2. The monoisotopic (exact) mass is 1070 g/mol. The van der Waals surface area contributed by atoms with Crippen molar-refractivity contribution in [3.05, 3.63) is 86.6 Å². The molecule has 1 aliphatic carbocycles. The summed E-state index contributed by atoms with van der Waals surface area (Å²) in [5, 5.41) is 0. The molecule has 0 spiro atoms. The number of aryl methyl sites for hydroxylation is 2. The van der Waals surface area contributed by atoms with Crippen molar-refractivity contribution in [2.45, 2.75) is 77.1 Å². The van der Waals surface area contributed by atoms with E-state index in [1.807, 2.05) is 0 Å². The number of thiophene rings is 2. The van der Waals surface area contributed by atoms with Gasteiger partial charge in [-0.25, -0.2) is 14.4 Å². The zero-order valence-electron chi connectivity index (χ0n) is 41.5. The van der Waals surface area contributed by atoms with Crippen LogP contribution in [0.25, 0.3) is 32.0 Å². The summed E-state index contributed by atoms with van der Waals surface area (Å²) in [6.07, 6.45) is 5.07. The van der Waals surface area contributed by atoms with E-state index in [0.717, 1.165) is 66.9 Å². The molecule has 5 rings (SSSR count). The third kappa shape index (κ3) is 15.8. The fourth-order valence-electron chi connectivity index (χ4n) is 7.52. The van der Waals surface area contributed by atoms with Gasteiger partial charge in [-0.2, -0.15) is 26.3 Å². The maximum Gasteiger partial charge on any atom is 0.513 e. The van der Waals surface area contributed by atoms with E-state index >= 15 is 26.3 Å². The van der Waals surface area contributed by atoms with Crippen LogP contribution in [0.15, 0.2) is 54.6 Å². The third-order valence-corrected chi connectivity index (χ3v) is 13.5. The molecule has 0 amide bonds. The Labute approximate surface area is 428 Å². The van der Waals surface area contributed by atoms with E-state index in [2.05, 4.69) is 6.92 Å². The molecule has 1 aliphatic rings. The number of ether oxygens (including phenoxy) is 10. The SMILES string of the molecule is CCCCCCCCOC(=O)Oc1ccc(-c2cc(C3=C(c4cc(-c5cc(C(=O)OCCOCCOCCOC)cc(C(=O)OCCOCCOCCOC)c5)sc4C)C(F)(F)C(F)(F)C3(F)F)c(C)s2)cc1. The summed E-state index contributed by atoms with van der Waals surface area (Å²) in [5.41, 5.74) is -4.07. The molecule has 2 heterocycles. The molecule has 2 aromatic carbocycles. The first-order valence-electron chi connectivity index (χ1n) is 23.8. The second-order valence-corrected chi connectivity index (χ2v) is 19.1. The summed E-state index contributed by atoms with van der Waals surface area (Å²) in [6, 6.07) is 11.9. The van der Waals surface area contributed by atoms with Crippen molar-refractivity contribution >= 4 is 51.9 Å². The Bertz CT molecular complexity index is 2380. The molecule has 0 saturated heterocycles. The Morgan fingerprint density at radius 2 is 0.918 bits per heavy atom. The Morgan fingerprint density at radius 1 is 0.493 bits per heavy atom. The number of halogens is 6. The van der Waals surface area contributed by atoms with Gasteiger partial charge in [0.1, 0.15) is 19.0 Å². The lowest BCUT2D eigenvalue weighted by Gasteiger charge is -2.25. The van der Waals surface area contributed by atoms with Crippen LogP contribution in [0.5, 0.6) is 5.75 Å². The molecule has 13 nitrogen and oxygen atoms in total. The molecule has 0 atom stereocenters. The fourth-order valence-corrected chi connectivity index (χ4v) is 9.56. The van der Waals surface area contributed by atoms with E-state index in [1.54, 1.807) is 0 Å². The van der Waals surface area contributed by atoms with Gasteiger partial charge in [-0.15, -0.1) is 22.7 Å². The number of carbonyl (C=O) groups excluding carboxylic acids is 3. The fraction of sp³-hybridized carbons (Fsp3) is 0.519. The van der Waals surface area contributed by atoms with Crippen molar-refractivity contribution in [2.24, 2.45) is 0 Å². The van der Waals surface area contributed by atoms with Gasteiger partial charge in [0.25, 0.3) is 0 Å². The van der Waals surface area contributed by atoms with Crippen LogP contribution in [-0.2, 0) is 42.6 Å². The quantitative estimate of drug-likeness (QED) is 0.0151. The highest BCUT2D eigenvalue weighted by Gasteiger charge is 2.80. The highest BCUT2D eigenvalue weighted by atomic mass is 32.1. The van der Waals surface area contributed by atoms with Gasteiger partial charge < -0.3 is 47.4 Å². The lowest BCUT2D eigenvalue weighted by atomic mass is 9.94. The number of methoxy groups -OCH3 is 2. The van der Waals surface area contributed by atoms with Crippen molar-refractivity contribution in [1.29, 1.82) is 0 Å². The number of hydrogen-bond donors (Lipinski definition) is 0. The van der Waals surface area contributed by atoms with Crippen molar-refractivity contribution < 1.29 is 88.1 Å².